The molecule has 0 amide bonds. The molecule has 19 heavy (non-hydrogen) atoms. The van der Waals surface area contributed by atoms with Crippen LogP contribution >= 0.6 is 11.8 Å². The maximum atomic E-state index is 4.50. The molecule has 0 aliphatic rings. The summed E-state index contributed by atoms with van der Waals surface area (Å²) in [5.41, 5.74) is 3.68. The van der Waals surface area contributed by atoms with E-state index >= 15 is 0 Å². The minimum atomic E-state index is 0.304. The number of aryl methyl sites for hydroxylation is 1. The largest absolute Gasteiger partial charge is 0.313 e. The fraction of sp³-hybridized carbons (Fsp3) is 0.312. The highest BCUT2D eigenvalue weighted by atomic mass is 32.2. The molecule has 0 aliphatic carbocycles. The normalized spacial score (nSPS) is 12.4. The summed E-state index contributed by atoms with van der Waals surface area (Å²) in [6.07, 6.45) is 4.96. The molecule has 1 N–H and O–H groups in total. The van der Waals surface area contributed by atoms with E-state index in [-0.39, 0.29) is 0 Å². The Bertz CT molecular complexity index is 523. The summed E-state index contributed by atoms with van der Waals surface area (Å²) in [4.78, 5) is 5.83. The summed E-state index contributed by atoms with van der Waals surface area (Å²) in [6.45, 7) is 2.06. The van der Waals surface area contributed by atoms with E-state index in [2.05, 4.69) is 59.9 Å². The summed E-state index contributed by atoms with van der Waals surface area (Å²) in [7, 11) is 2.01. The van der Waals surface area contributed by atoms with Crippen LogP contribution in [0.4, 0.5) is 0 Å². The van der Waals surface area contributed by atoms with E-state index in [0.717, 1.165) is 12.1 Å². The number of pyridine rings is 1. The van der Waals surface area contributed by atoms with Crippen molar-refractivity contribution in [2.24, 2.45) is 0 Å². The Kier molecular flexibility index (Phi) is 5.00. The molecule has 0 aliphatic heterocycles. The zero-order chi connectivity index (χ0) is 13.7. The molecule has 0 saturated carbocycles. The van der Waals surface area contributed by atoms with Crippen LogP contribution in [0.3, 0.4) is 0 Å². The van der Waals surface area contributed by atoms with Gasteiger partial charge in [-0.2, -0.15) is 0 Å². The van der Waals surface area contributed by atoms with Gasteiger partial charge in [0.25, 0.3) is 0 Å². The van der Waals surface area contributed by atoms with Crippen molar-refractivity contribution in [3.8, 4) is 0 Å². The number of benzene rings is 1. The third kappa shape index (κ3) is 3.58. The zero-order valence-corrected chi connectivity index (χ0v) is 12.5. The Hall–Kier alpha value is -1.32. The van der Waals surface area contributed by atoms with Crippen molar-refractivity contribution in [1.82, 2.24) is 10.3 Å². The summed E-state index contributed by atoms with van der Waals surface area (Å²) >= 11 is 1.79. The Balaban J connectivity index is 2.22. The molecule has 2 rings (SSSR count). The van der Waals surface area contributed by atoms with Crippen LogP contribution in [0.25, 0.3) is 0 Å². The predicted octanol–water partition coefficient (Wildman–Crippen LogP) is 3.62. The van der Waals surface area contributed by atoms with Gasteiger partial charge in [0.2, 0.25) is 0 Å². The number of thioether (sulfide) groups is 1. The van der Waals surface area contributed by atoms with Gasteiger partial charge in [-0.25, -0.2) is 0 Å². The second kappa shape index (κ2) is 6.73. The van der Waals surface area contributed by atoms with Crippen LogP contribution in [0.1, 0.15) is 22.9 Å². The predicted molar refractivity (Wildman–Crippen MR) is 82.7 cm³/mol. The minimum absolute atomic E-state index is 0.304. The zero-order valence-electron chi connectivity index (χ0n) is 11.7. The van der Waals surface area contributed by atoms with Crippen LogP contribution in [0, 0.1) is 6.92 Å². The van der Waals surface area contributed by atoms with E-state index in [9.17, 15) is 0 Å². The first-order valence-electron chi connectivity index (χ1n) is 6.46. The number of nitrogens with one attached hydrogen (secondary N) is 1. The Morgan fingerprint density at radius 1 is 1.21 bits per heavy atom. The number of nitrogens with zero attached hydrogens (tertiary/aromatic N) is 1. The van der Waals surface area contributed by atoms with E-state index in [0.29, 0.717) is 6.04 Å². The molecule has 1 aromatic heterocycles. The Morgan fingerprint density at radius 2 is 2.00 bits per heavy atom. The smallest absolute Gasteiger partial charge is 0.0422 e. The number of likely N-dealkylation sites (N-methyl/N-ethyl adjacent to an activating group) is 1. The molecular weight excluding hydrogens is 252 g/mol. The lowest BCUT2D eigenvalue weighted by Crippen LogP contribution is -2.20. The van der Waals surface area contributed by atoms with Crippen molar-refractivity contribution < 1.29 is 0 Å². The second-order valence-electron chi connectivity index (χ2n) is 4.61. The number of hydrogen-bond donors (Lipinski definition) is 1. The van der Waals surface area contributed by atoms with E-state index in [4.69, 9.17) is 0 Å². The van der Waals surface area contributed by atoms with Gasteiger partial charge < -0.3 is 5.32 Å². The molecule has 3 heteroatoms. The molecule has 0 saturated heterocycles. The molecule has 0 fully saturated rings. The van der Waals surface area contributed by atoms with Gasteiger partial charge in [0.1, 0.15) is 0 Å². The first kappa shape index (κ1) is 14.1. The standard InChI is InChI=1S/C16H20N2S/c1-12-8-9-13(18-11-12)10-15(17-2)14-6-4-5-7-16(14)19-3/h4-9,11,15,17H,10H2,1-3H3. The van der Waals surface area contributed by atoms with E-state index in [1.54, 1.807) is 11.8 Å². The maximum absolute atomic E-state index is 4.50. The van der Waals surface area contributed by atoms with Crippen LogP contribution in [0.5, 0.6) is 0 Å². The number of rotatable bonds is 5. The van der Waals surface area contributed by atoms with Crippen LogP contribution in [-0.4, -0.2) is 18.3 Å². The Morgan fingerprint density at radius 3 is 2.63 bits per heavy atom. The fourth-order valence-corrected chi connectivity index (χ4v) is 2.81. The molecular formula is C16H20N2S. The molecule has 0 spiro atoms. The number of hydrogen-bond acceptors (Lipinski definition) is 3. The molecule has 2 aromatic rings. The fourth-order valence-electron chi connectivity index (χ4n) is 2.15. The summed E-state index contributed by atoms with van der Waals surface area (Å²) in [5, 5.41) is 3.40. The molecule has 0 radical (unpaired) electrons. The summed E-state index contributed by atoms with van der Waals surface area (Å²) in [5.74, 6) is 0. The van der Waals surface area contributed by atoms with Crippen molar-refractivity contribution in [2.75, 3.05) is 13.3 Å². The van der Waals surface area contributed by atoms with Gasteiger partial charge >= 0.3 is 0 Å². The molecule has 1 atom stereocenters. The third-order valence-corrected chi connectivity index (χ3v) is 4.06. The lowest BCUT2D eigenvalue weighted by atomic mass is 10.0. The quantitative estimate of drug-likeness (QED) is 0.842. The molecule has 1 heterocycles. The molecule has 0 bridgehead atoms. The van der Waals surface area contributed by atoms with E-state index in [1.807, 2.05) is 13.2 Å². The Labute approximate surface area is 119 Å². The molecule has 100 valence electrons. The van der Waals surface area contributed by atoms with E-state index < -0.39 is 0 Å². The highest BCUT2D eigenvalue weighted by Gasteiger charge is 2.14. The lowest BCUT2D eigenvalue weighted by Gasteiger charge is -2.19. The van der Waals surface area contributed by atoms with Crippen molar-refractivity contribution in [2.45, 2.75) is 24.3 Å². The van der Waals surface area contributed by atoms with Gasteiger partial charge in [-0.3, -0.25) is 4.98 Å². The van der Waals surface area contributed by atoms with Crippen LogP contribution in [-0.2, 0) is 6.42 Å². The summed E-state index contributed by atoms with van der Waals surface area (Å²) in [6, 6.07) is 13.1. The lowest BCUT2D eigenvalue weighted by molar-refractivity contribution is 0.575. The van der Waals surface area contributed by atoms with Gasteiger partial charge in [-0.1, -0.05) is 24.3 Å². The topological polar surface area (TPSA) is 24.9 Å². The molecule has 1 aromatic carbocycles. The van der Waals surface area contributed by atoms with E-state index in [1.165, 1.54) is 16.0 Å². The van der Waals surface area contributed by atoms with Crippen LogP contribution < -0.4 is 5.32 Å². The summed E-state index contributed by atoms with van der Waals surface area (Å²) < 4.78 is 0. The molecule has 2 nitrogen and oxygen atoms in total. The second-order valence-corrected chi connectivity index (χ2v) is 5.46. The maximum Gasteiger partial charge on any atom is 0.0422 e. The molecule has 1 unspecified atom stereocenters. The minimum Gasteiger partial charge on any atom is -0.313 e. The van der Waals surface area contributed by atoms with Gasteiger partial charge in [0, 0.05) is 29.2 Å². The van der Waals surface area contributed by atoms with Crippen LogP contribution in [0.2, 0.25) is 0 Å². The SMILES string of the molecule is CNC(Cc1ccc(C)cn1)c1ccccc1SC. The van der Waals surface area contributed by atoms with Crippen molar-refractivity contribution in [3.05, 3.63) is 59.4 Å². The van der Waals surface area contributed by atoms with Gasteiger partial charge in [-0.15, -0.1) is 11.8 Å². The number of aromatic nitrogens is 1. The monoisotopic (exact) mass is 272 g/mol. The highest BCUT2D eigenvalue weighted by molar-refractivity contribution is 7.98. The van der Waals surface area contributed by atoms with Crippen LogP contribution in [0.15, 0.2) is 47.5 Å². The van der Waals surface area contributed by atoms with Crippen molar-refractivity contribution in [3.63, 3.8) is 0 Å². The van der Waals surface area contributed by atoms with Crippen molar-refractivity contribution in [1.29, 1.82) is 0 Å². The van der Waals surface area contributed by atoms with Gasteiger partial charge in [0.15, 0.2) is 0 Å². The average Bonchev–Trinajstić information content (AvgIpc) is 2.46. The van der Waals surface area contributed by atoms with Crippen molar-refractivity contribution >= 4 is 11.8 Å². The third-order valence-electron chi connectivity index (χ3n) is 3.25. The van der Waals surface area contributed by atoms with Gasteiger partial charge in [0.05, 0.1) is 0 Å². The first-order chi connectivity index (χ1) is 9.24. The first-order valence-corrected chi connectivity index (χ1v) is 7.68. The highest BCUT2D eigenvalue weighted by Crippen LogP contribution is 2.27. The van der Waals surface area contributed by atoms with Gasteiger partial charge in [-0.05, 0) is 43.5 Å². The average molecular weight is 272 g/mol.